The van der Waals surface area contributed by atoms with Gasteiger partial charge in [-0.15, -0.1) is 0 Å². The van der Waals surface area contributed by atoms with Crippen LogP contribution in [0.5, 0.6) is 0 Å². The summed E-state index contributed by atoms with van der Waals surface area (Å²) in [4.78, 5) is 23.6. The number of oxazole rings is 1. The molecule has 7 nitrogen and oxygen atoms in total. The van der Waals surface area contributed by atoms with E-state index in [1.165, 1.54) is 43.1 Å². The minimum absolute atomic E-state index is 0.0121. The molecule has 3 rings (SSSR count). The predicted octanol–water partition coefficient (Wildman–Crippen LogP) is 3.47. The smallest absolute Gasteiger partial charge is 0.243 e. The lowest BCUT2D eigenvalue weighted by Crippen LogP contribution is -2.20. The molecule has 2 N–H and O–H groups in total. The molecule has 2 heterocycles. The molecular formula is C17H13ClFN5O2. The third-order valence-corrected chi connectivity index (χ3v) is 3.60. The number of nitrogens with zero attached hydrogens (tertiary/aromatic N) is 3. The number of carbonyl (C=O) groups excluding carboxylic acids is 1. The Morgan fingerprint density at radius 2 is 2.27 bits per heavy atom. The van der Waals surface area contributed by atoms with Gasteiger partial charge in [-0.05, 0) is 24.3 Å². The van der Waals surface area contributed by atoms with Crippen molar-refractivity contribution < 1.29 is 13.6 Å². The second-order valence-corrected chi connectivity index (χ2v) is 5.51. The average molecular weight is 374 g/mol. The highest BCUT2D eigenvalue weighted by Crippen LogP contribution is 2.28. The van der Waals surface area contributed by atoms with E-state index in [0.717, 1.165) is 0 Å². The van der Waals surface area contributed by atoms with Crippen LogP contribution >= 0.6 is 11.6 Å². The molecule has 0 saturated heterocycles. The van der Waals surface area contributed by atoms with Gasteiger partial charge in [0.1, 0.15) is 24.2 Å². The first-order valence-electron chi connectivity index (χ1n) is 7.44. The van der Waals surface area contributed by atoms with Gasteiger partial charge in [0.05, 0.1) is 22.8 Å². The number of amides is 1. The third kappa shape index (κ3) is 4.04. The van der Waals surface area contributed by atoms with Crippen molar-refractivity contribution in [2.75, 3.05) is 5.32 Å². The molecule has 0 radical (unpaired) electrons. The van der Waals surface area contributed by atoms with E-state index in [2.05, 4.69) is 32.2 Å². The third-order valence-electron chi connectivity index (χ3n) is 3.31. The van der Waals surface area contributed by atoms with E-state index in [4.69, 9.17) is 16.0 Å². The Hall–Kier alpha value is -3.26. The summed E-state index contributed by atoms with van der Waals surface area (Å²) < 4.78 is 18.7. The Balaban J connectivity index is 1.83. The second-order valence-electron chi connectivity index (χ2n) is 5.10. The molecule has 2 aromatic heterocycles. The summed E-state index contributed by atoms with van der Waals surface area (Å²) in [5.74, 6) is -0.150. The molecule has 0 unspecified atom stereocenters. The molecular weight excluding hydrogens is 361 g/mol. The molecule has 0 aliphatic carbocycles. The summed E-state index contributed by atoms with van der Waals surface area (Å²) in [6.45, 7) is 3.57. The van der Waals surface area contributed by atoms with E-state index in [1.54, 1.807) is 0 Å². The number of benzene rings is 1. The van der Waals surface area contributed by atoms with Gasteiger partial charge in [-0.3, -0.25) is 4.79 Å². The van der Waals surface area contributed by atoms with Gasteiger partial charge >= 0.3 is 0 Å². The minimum atomic E-state index is -0.515. The number of hydrogen-bond acceptors (Lipinski definition) is 6. The summed E-state index contributed by atoms with van der Waals surface area (Å²) >= 11 is 5.79. The number of rotatable bonds is 6. The van der Waals surface area contributed by atoms with Crippen molar-refractivity contribution in [1.82, 2.24) is 20.3 Å². The number of nitrogens with one attached hydrogen (secondary N) is 2. The molecule has 26 heavy (non-hydrogen) atoms. The standard InChI is InChI=1S/C17H13ClFN5O2/c1-2-15(25)21-6-11-8-26-17(24-11)12-7-20-9-22-16(12)23-10-3-4-14(19)13(18)5-10/h2-5,7-9H,1,6H2,(H,21,25)(H,20,22,23). The zero-order valence-corrected chi connectivity index (χ0v) is 14.1. The van der Waals surface area contributed by atoms with Crippen LogP contribution in [0.1, 0.15) is 5.69 Å². The van der Waals surface area contributed by atoms with Crippen LogP contribution in [0.25, 0.3) is 11.5 Å². The van der Waals surface area contributed by atoms with Crippen LogP contribution in [-0.2, 0) is 11.3 Å². The van der Waals surface area contributed by atoms with E-state index in [9.17, 15) is 9.18 Å². The maximum absolute atomic E-state index is 13.3. The molecule has 0 atom stereocenters. The van der Waals surface area contributed by atoms with Crippen LogP contribution in [0.3, 0.4) is 0 Å². The highest BCUT2D eigenvalue weighted by molar-refractivity contribution is 6.31. The number of halogens is 2. The van der Waals surface area contributed by atoms with Gasteiger partial charge in [-0.1, -0.05) is 18.2 Å². The molecule has 132 valence electrons. The second kappa shape index (κ2) is 7.75. The van der Waals surface area contributed by atoms with E-state index >= 15 is 0 Å². The topological polar surface area (TPSA) is 92.9 Å². The summed E-state index contributed by atoms with van der Waals surface area (Å²) in [6, 6.07) is 4.21. The van der Waals surface area contributed by atoms with Gasteiger partial charge in [0.15, 0.2) is 0 Å². The Labute approximate surface area is 152 Å². The molecule has 1 aromatic carbocycles. The highest BCUT2D eigenvalue weighted by atomic mass is 35.5. The summed E-state index contributed by atoms with van der Waals surface area (Å²) in [5.41, 5.74) is 1.56. The molecule has 1 amide bonds. The molecule has 0 aliphatic heterocycles. The van der Waals surface area contributed by atoms with Crippen LogP contribution in [0.4, 0.5) is 15.9 Å². The molecule has 0 saturated carbocycles. The van der Waals surface area contributed by atoms with Gasteiger partial charge < -0.3 is 15.1 Å². The van der Waals surface area contributed by atoms with Crippen molar-refractivity contribution in [3.05, 3.63) is 66.2 Å². The van der Waals surface area contributed by atoms with Gasteiger partial charge in [-0.2, -0.15) is 0 Å². The van der Waals surface area contributed by atoms with E-state index in [1.807, 2.05) is 0 Å². The largest absolute Gasteiger partial charge is 0.444 e. The molecule has 0 spiro atoms. The monoisotopic (exact) mass is 373 g/mol. The fourth-order valence-corrected chi connectivity index (χ4v) is 2.24. The summed E-state index contributed by atoms with van der Waals surface area (Å²) in [7, 11) is 0. The van der Waals surface area contributed by atoms with Crippen LogP contribution in [0, 0.1) is 5.82 Å². The summed E-state index contributed by atoms with van der Waals surface area (Å²) in [6.07, 6.45) is 5.47. The first-order chi connectivity index (χ1) is 12.6. The van der Waals surface area contributed by atoms with Gasteiger partial charge in [0.2, 0.25) is 11.8 Å². The first-order valence-corrected chi connectivity index (χ1v) is 7.81. The molecule has 0 bridgehead atoms. The average Bonchev–Trinajstić information content (AvgIpc) is 3.12. The van der Waals surface area contributed by atoms with E-state index < -0.39 is 5.82 Å². The van der Waals surface area contributed by atoms with Crippen molar-refractivity contribution in [3.8, 4) is 11.5 Å². The maximum atomic E-state index is 13.3. The summed E-state index contributed by atoms with van der Waals surface area (Å²) in [5, 5.41) is 5.61. The minimum Gasteiger partial charge on any atom is -0.444 e. The molecule has 0 fully saturated rings. The van der Waals surface area contributed by atoms with Crippen LogP contribution in [-0.4, -0.2) is 20.9 Å². The predicted molar refractivity (Wildman–Crippen MR) is 94.3 cm³/mol. The van der Waals surface area contributed by atoms with E-state index in [-0.39, 0.29) is 23.4 Å². The number of carbonyl (C=O) groups is 1. The normalized spacial score (nSPS) is 10.4. The first kappa shape index (κ1) is 17.6. The van der Waals surface area contributed by atoms with Crippen LogP contribution < -0.4 is 10.6 Å². The lowest BCUT2D eigenvalue weighted by molar-refractivity contribution is -0.116. The Bertz CT molecular complexity index is 960. The fourth-order valence-electron chi connectivity index (χ4n) is 2.06. The Morgan fingerprint density at radius 3 is 3.04 bits per heavy atom. The molecule has 9 heteroatoms. The molecule has 0 aliphatic rings. The SMILES string of the molecule is C=CC(=O)NCc1coc(-c2cncnc2Nc2ccc(F)c(Cl)c2)n1. The van der Waals surface area contributed by atoms with Gasteiger partial charge in [0, 0.05) is 11.9 Å². The number of aromatic nitrogens is 3. The lowest BCUT2D eigenvalue weighted by Gasteiger charge is -2.08. The Kier molecular flexibility index (Phi) is 5.23. The maximum Gasteiger partial charge on any atom is 0.243 e. The van der Waals surface area contributed by atoms with Crippen molar-refractivity contribution in [1.29, 1.82) is 0 Å². The van der Waals surface area contributed by atoms with Crippen molar-refractivity contribution in [2.45, 2.75) is 6.54 Å². The van der Waals surface area contributed by atoms with Crippen molar-refractivity contribution in [3.63, 3.8) is 0 Å². The zero-order valence-electron chi connectivity index (χ0n) is 13.4. The lowest BCUT2D eigenvalue weighted by atomic mass is 10.2. The van der Waals surface area contributed by atoms with Crippen LogP contribution in [0.2, 0.25) is 5.02 Å². The Morgan fingerprint density at radius 1 is 1.42 bits per heavy atom. The highest BCUT2D eigenvalue weighted by Gasteiger charge is 2.14. The number of hydrogen-bond donors (Lipinski definition) is 2. The van der Waals surface area contributed by atoms with Crippen molar-refractivity contribution >= 4 is 29.0 Å². The number of anilines is 2. The van der Waals surface area contributed by atoms with E-state index in [0.29, 0.717) is 22.8 Å². The van der Waals surface area contributed by atoms with Crippen molar-refractivity contribution in [2.24, 2.45) is 0 Å². The van der Waals surface area contributed by atoms with Gasteiger partial charge in [-0.25, -0.2) is 19.3 Å². The fraction of sp³-hybridized carbons (Fsp3) is 0.0588. The van der Waals surface area contributed by atoms with Gasteiger partial charge in [0.25, 0.3) is 0 Å². The quantitative estimate of drug-likeness (QED) is 0.643. The molecule has 3 aromatic rings. The zero-order chi connectivity index (χ0) is 18.5. The van der Waals surface area contributed by atoms with Crippen LogP contribution in [0.15, 0.2) is 54.1 Å².